The van der Waals surface area contributed by atoms with Gasteiger partial charge in [-0.1, -0.05) is 23.7 Å². The summed E-state index contributed by atoms with van der Waals surface area (Å²) in [4.78, 5) is 25.0. The summed E-state index contributed by atoms with van der Waals surface area (Å²) in [6.07, 6.45) is 0. The van der Waals surface area contributed by atoms with Gasteiger partial charge in [0, 0.05) is 36.8 Å². The zero-order valence-electron chi connectivity index (χ0n) is 14.7. The number of piperazine rings is 1. The van der Waals surface area contributed by atoms with E-state index in [9.17, 15) is 19.3 Å². The Kier molecular flexibility index (Phi) is 7.70. The first-order chi connectivity index (χ1) is 12.9. The number of nitrogens with one attached hydrogen (secondary N) is 2. The first kappa shape index (κ1) is 22.0. The lowest BCUT2D eigenvalue weighted by Crippen LogP contribution is -2.48. The van der Waals surface area contributed by atoms with Crippen LogP contribution >= 0.6 is 24.0 Å². The van der Waals surface area contributed by atoms with Crippen molar-refractivity contribution in [2.24, 2.45) is 0 Å². The molecule has 1 atom stereocenters. The number of nitro groups is 1. The number of hydrogen-bond acceptors (Lipinski definition) is 5. The van der Waals surface area contributed by atoms with Gasteiger partial charge in [-0.2, -0.15) is 0 Å². The van der Waals surface area contributed by atoms with E-state index in [4.69, 9.17) is 11.6 Å². The molecule has 150 valence electrons. The van der Waals surface area contributed by atoms with Crippen LogP contribution in [0, 0.1) is 15.9 Å². The molecule has 1 amide bonds. The zero-order valence-corrected chi connectivity index (χ0v) is 16.3. The van der Waals surface area contributed by atoms with E-state index in [0.29, 0.717) is 19.6 Å². The van der Waals surface area contributed by atoms with Crippen molar-refractivity contribution in [3.63, 3.8) is 0 Å². The minimum absolute atomic E-state index is 0. The summed E-state index contributed by atoms with van der Waals surface area (Å²) in [6.45, 7) is 1.90. The van der Waals surface area contributed by atoms with E-state index in [1.165, 1.54) is 30.3 Å². The first-order valence-electron chi connectivity index (χ1n) is 8.38. The number of hydrogen-bond donors (Lipinski definition) is 2. The van der Waals surface area contributed by atoms with Crippen LogP contribution < -0.4 is 10.6 Å². The highest BCUT2D eigenvalue weighted by atomic mass is 35.5. The van der Waals surface area contributed by atoms with Gasteiger partial charge in [-0.25, -0.2) is 4.39 Å². The predicted molar refractivity (Wildman–Crippen MR) is 108 cm³/mol. The SMILES string of the molecule is Cl.O=C(CN1CCNCC1c1cccc(F)c1)Nc1ccc(Cl)cc1[N+](=O)[O-]. The molecule has 2 aromatic carbocycles. The van der Waals surface area contributed by atoms with E-state index >= 15 is 0 Å². The fraction of sp³-hybridized carbons (Fsp3) is 0.278. The Labute approximate surface area is 172 Å². The maximum Gasteiger partial charge on any atom is 0.294 e. The number of carbonyl (C=O) groups excluding carboxylic acids is 1. The van der Waals surface area contributed by atoms with Gasteiger partial charge in [-0.15, -0.1) is 12.4 Å². The molecule has 1 saturated heterocycles. The topological polar surface area (TPSA) is 87.5 Å². The van der Waals surface area contributed by atoms with E-state index < -0.39 is 4.92 Å². The van der Waals surface area contributed by atoms with Crippen molar-refractivity contribution >= 4 is 41.3 Å². The molecule has 2 aromatic rings. The lowest BCUT2D eigenvalue weighted by Gasteiger charge is -2.36. The number of nitro benzene ring substituents is 1. The van der Waals surface area contributed by atoms with Gasteiger partial charge in [-0.3, -0.25) is 19.8 Å². The van der Waals surface area contributed by atoms with Crippen molar-refractivity contribution in [3.8, 4) is 0 Å². The van der Waals surface area contributed by atoms with E-state index in [-0.39, 0.29) is 53.1 Å². The van der Waals surface area contributed by atoms with Crippen LogP contribution in [0.2, 0.25) is 5.02 Å². The highest BCUT2D eigenvalue weighted by molar-refractivity contribution is 6.31. The van der Waals surface area contributed by atoms with Crippen LogP contribution in [-0.2, 0) is 4.79 Å². The molecule has 0 saturated carbocycles. The molecule has 1 heterocycles. The van der Waals surface area contributed by atoms with Crippen molar-refractivity contribution in [2.75, 3.05) is 31.5 Å². The summed E-state index contributed by atoms with van der Waals surface area (Å²) in [5.41, 5.74) is 0.595. The predicted octanol–water partition coefficient (Wildman–Crippen LogP) is 3.39. The Bertz CT molecular complexity index is 868. The lowest BCUT2D eigenvalue weighted by molar-refractivity contribution is -0.383. The number of rotatable bonds is 5. The fourth-order valence-electron chi connectivity index (χ4n) is 3.11. The zero-order chi connectivity index (χ0) is 19.4. The smallest absolute Gasteiger partial charge is 0.294 e. The second kappa shape index (κ2) is 9.79. The van der Waals surface area contributed by atoms with Crippen molar-refractivity contribution in [1.29, 1.82) is 0 Å². The van der Waals surface area contributed by atoms with Gasteiger partial charge >= 0.3 is 0 Å². The number of anilines is 1. The van der Waals surface area contributed by atoms with E-state index in [2.05, 4.69) is 10.6 Å². The van der Waals surface area contributed by atoms with Crippen LogP contribution in [0.3, 0.4) is 0 Å². The largest absolute Gasteiger partial charge is 0.319 e. The molecule has 0 radical (unpaired) electrons. The number of carbonyl (C=O) groups is 1. The number of halogens is 3. The average Bonchev–Trinajstić information content (AvgIpc) is 2.63. The molecular formula is C18H19Cl2FN4O3. The highest BCUT2D eigenvalue weighted by Crippen LogP contribution is 2.28. The standard InChI is InChI=1S/C18H18ClFN4O3.ClH/c19-13-4-5-15(16(9-13)24(26)27)22-18(25)11-23-7-6-21-10-17(23)12-2-1-3-14(20)8-12;/h1-5,8-9,17,21H,6-7,10-11H2,(H,22,25);1H. The first-order valence-corrected chi connectivity index (χ1v) is 8.76. The Balaban J connectivity index is 0.00000280. The van der Waals surface area contributed by atoms with Crippen LogP contribution in [-0.4, -0.2) is 41.9 Å². The van der Waals surface area contributed by atoms with Gasteiger partial charge < -0.3 is 10.6 Å². The van der Waals surface area contributed by atoms with Gasteiger partial charge in [0.25, 0.3) is 5.69 Å². The molecular weight excluding hydrogens is 410 g/mol. The van der Waals surface area contributed by atoms with Gasteiger partial charge in [-0.05, 0) is 29.8 Å². The van der Waals surface area contributed by atoms with Crippen molar-refractivity contribution in [1.82, 2.24) is 10.2 Å². The van der Waals surface area contributed by atoms with Crippen molar-refractivity contribution in [2.45, 2.75) is 6.04 Å². The third-order valence-electron chi connectivity index (χ3n) is 4.36. The Morgan fingerprint density at radius 3 is 2.86 bits per heavy atom. The molecule has 28 heavy (non-hydrogen) atoms. The van der Waals surface area contributed by atoms with E-state index in [0.717, 1.165) is 5.56 Å². The van der Waals surface area contributed by atoms with Crippen LogP contribution in [0.4, 0.5) is 15.8 Å². The quantitative estimate of drug-likeness (QED) is 0.562. The molecule has 7 nitrogen and oxygen atoms in total. The monoisotopic (exact) mass is 428 g/mol. The third kappa shape index (κ3) is 5.39. The Morgan fingerprint density at radius 1 is 1.36 bits per heavy atom. The normalized spacial score (nSPS) is 16.9. The molecule has 1 aliphatic rings. The van der Waals surface area contributed by atoms with E-state index in [1.807, 2.05) is 11.0 Å². The molecule has 3 rings (SSSR count). The number of benzene rings is 2. The van der Waals surface area contributed by atoms with Crippen LogP contribution in [0.5, 0.6) is 0 Å². The summed E-state index contributed by atoms with van der Waals surface area (Å²) in [6, 6.07) is 10.2. The maximum atomic E-state index is 13.6. The summed E-state index contributed by atoms with van der Waals surface area (Å²) in [5.74, 6) is -0.719. The van der Waals surface area contributed by atoms with Crippen molar-refractivity contribution < 1.29 is 14.1 Å². The minimum Gasteiger partial charge on any atom is -0.319 e. The molecule has 0 aliphatic carbocycles. The van der Waals surface area contributed by atoms with Gasteiger partial charge in [0.2, 0.25) is 5.91 Å². The van der Waals surface area contributed by atoms with Crippen LogP contribution in [0.25, 0.3) is 0 Å². The fourth-order valence-corrected chi connectivity index (χ4v) is 3.28. The Morgan fingerprint density at radius 2 is 2.14 bits per heavy atom. The van der Waals surface area contributed by atoms with Gasteiger partial charge in [0.05, 0.1) is 11.5 Å². The molecule has 1 unspecified atom stereocenters. The second-order valence-corrected chi connectivity index (χ2v) is 6.65. The second-order valence-electron chi connectivity index (χ2n) is 6.21. The molecule has 10 heteroatoms. The summed E-state index contributed by atoms with van der Waals surface area (Å²) < 4.78 is 13.6. The third-order valence-corrected chi connectivity index (χ3v) is 4.60. The van der Waals surface area contributed by atoms with Crippen LogP contribution in [0.15, 0.2) is 42.5 Å². The molecule has 2 N–H and O–H groups in total. The number of amides is 1. The minimum atomic E-state index is -0.595. The lowest BCUT2D eigenvalue weighted by atomic mass is 10.0. The summed E-state index contributed by atoms with van der Waals surface area (Å²) in [7, 11) is 0. The number of nitrogens with zero attached hydrogens (tertiary/aromatic N) is 2. The molecule has 1 fully saturated rings. The maximum absolute atomic E-state index is 13.6. The highest BCUT2D eigenvalue weighted by Gasteiger charge is 2.26. The molecule has 0 spiro atoms. The van der Waals surface area contributed by atoms with Gasteiger partial charge in [0.15, 0.2) is 0 Å². The Hall–Kier alpha value is -2.26. The average molecular weight is 429 g/mol. The summed E-state index contributed by atoms with van der Waals surface area (Å²) in [5, 5.41) is 17.2. The molecule has 0 bridgehead atoms. The molecule has 1 aliphatic heterocycles. The van der Waals surface area contributed by atoms with Crippen molar-refractivity contribution in [3.05, 3.63) is 69.0 Å². The van der Waals surface area contributed by atoms with E-state index in [1.54, 1.807) is 6.07 Å². The van der Waals surface area contributed by atoms with Crippen LogP contribution in [0.1, 0.15) is 11.6 Å². The molecule has 0 aromatic heterocycles. The summed E-state index contributed by atoms with van der Waals surface area (Å²) >= 11 is 5.79. The van der Waals surface area contributed by atoms with Gasteiger partial charge in [0.1, 0.15) is 11.5 Å².